The number of nitrogens with zero attached hydrogens (tertiary/aromatic N) is 3. The molecule has 2 fully saturated rings. The minimum Gasteiger partial charge on any atom is -0.369 e. The lowest BCUT2D eigenvalue weighted by Crippen LogP contribution is -2.51. The van der Waals surface area contributed by atoms with Crippen LogP contribution in [0.1, 0.15) is 25.3 Å². The van der Waals surface area contributed by atoms with E-state index in [1.165, 1.54) is 11.3 Å². The fourth-order valence-electron chi connectivity index (χ4n) is 3.61. The second kappa shape index (κ2) is 7.35. The maximum atomic E-state index is 12.4. The van der Waals surface area contributed by atoms with Gasteiger partial charge in [-0.1, -0.05) is 25.1 Å². The molecule has 1 aromatic carbocycles. The van der Waals surface area contributed by atoms with Crippen molar-refractivity contribution in [2.45, 2.75) is 26.7 Å². The highest BCUT2D eigenvalue weighted by molar-refractivity contribution is 5.78. The highest BCUT2D eigenvalue weighted by atomic mass is 16.2. The molecule has 0 N–H and O–H groups in total. The van der Waals surface area contributed by atoms with Gasteiger partial charge in [-0.3, -0.25) is 9.69 Å². The number of hydrogen-bond acceptors (Lipinski definition) is 3. The van der Waals surface area contributed by atoms with Crippen molar-refractivity contribution in [3.8, 4) is 0 Å². The molecule has 0 bridgehead atoms. The van der Waals surface area contributed by atoms with E-state index in [9.17, 15) is 4.79 Å². The van der Waals surface area contributed by atoms with Crippen LogP contribution >= 0.6 is 0 Å². The Labute approximate surface area is 140 Å². The van der Waals surface area contributed by atoms with Gasteiger partial charge in [-0.2, -0.15) is 0 Å². The Morgan fingerprint density at radius 1 is 1.04 bits per heavy atom. The largest absolute Gasteiger partial charge is 0.369 e. The second-order valence-electron chi connectivity index (χ2n) is 7.11. The fourth-order valence-corrected chi connectivity index (χ4v) is 3.61. The Hall–Kier alpha value is -1.55. The molecule has 23 heavy (non-hydrogen) atoms. The van der Waals surface area contributed by atoms with E-state index in [0.29, 0.717) is 12.5 Å². The normalized spacial score (nSPS) is 20.8. The number of anilines is 1. The van der Waals surface area contributed by atoms with Crippen LogP contribution in [0.2, 0.25) is 0 Å². The Morgan fingerprint density at radius 3 is 2.35 bits per heavy atom. The monoisotopic (exact) mass is 315 g/mol. The summed E-state index contributed by atoms with van der Waals surface area (Å²) in [6.45, 7) is 10.9. The average Bonchev–Trinajstić information content (AvgIpc) is 2.57. The molecule has 0 saturated carbocycles. The molecule has 2 aliphatic heterocycles. The molecule has 0 aromatic heterocycles. The Kier molecular flexibility index (Phi) is 5.21. The molecule has 1 amide bonds. The predicted molar refractivity (Wildman–Crippen MR) is 94.8 cm³/mol. The quantitative estimate of drug-likeness (QED) is 0.857. The van der Waals surface area contributed by atoms with E-state index in [-0.39, 0.29) is 0 Å². The van der Waals surface area contributed by atoms with E-state index in [1.807, 2.05) is 0 Å². The summed E-state index contributed by atoms with van der Waals surface area (Å²) >= 11 is 0. The van der Waals surface area contributed by atoms with Crippen molar-refractivity contribution < 1.29 is 4.79 Å². The molecule has 0 unspecified atom stereocenters. The molecule has 2 aliphatic rings. The summed E-state index contributed by atoms with van der Waals surface area (Å²) in [6, 6.07) is 8.57. The smallest absolute Gasteiger partial charge is 0.236 e. The van der Waals surface area contributed by atoms with Gasteiger partial charge < -0.3 is 9.80 Å². The van der Waals surface area contributed by atoms with Crippen LogP contribution in [0.25, 0.3) is 0 Å². The number of hydrogen-bond donors (Lipinski definition) is 0. The molecular weight excluding hydrogens is 286 g/mol. The van der Waals surface area contributed by atoms with Crippen molar-refractivity contribution in [1.82, 2.24) is 9.80 Å². The van der Waals surface area contributed by atoms with Gasteiger partial charge in [0.1, 0.15) is 0 Å². The van der Waals surface area contributed by atoms with Gasteiger partial charge in [0.15, 0.2) is 0 Å². The zero-order valence-electron chi connectivity index (χ0n) is 14.5. The first-order valence-electron chi connectivity index (χ1n) is 8.94. The molecule has 3 rings (SSSR count). The first kappa shape index (κ1) is 16.3. The van der Waals surface area contributed by atoms with Crippen molar-refractivity contribution in [2.24, 2.45) is 5.92 Å². The Balaban J connectivity index is 1.48. The van der Waals surface area contributed by atoms with E-state index in [0.717, 1.165) is 58.0 Å². The van der Waals surface area contributed by atoms with E-state index in [4.69, 9.17) is 0 Å². The van der Waals surface area contributed by atoms with Crippen LogP contribution in [0.5, 0.6) is 0 Å². The number of benzene rings is 1. The van der Waals surface area contributed by atoms with Crippen LogP contribution in [0.4, 0.5) is 5.69 Å². The first-order valence-corrected chi connectivity index (χ1v) is 8.94. The number of para-hydroxylation sites is 1. The molecule has 0 aliphatic carbocycles. The van der Waals surface area contributed by atoms with Crippen LogP contribution in [0.15, 0.2) is 24.3 Å². The number of piperidine rings is 1. The third kappa shape index (κ3) is 4.05. The summed E-state index contributed by atoms with van der Waals surface area (Å²) in [6.07, 6.45) is 2.32. The molecule has 0 radical (unpaired) electrons. The molecule has 126 valence electrons. The van der Waals surface area contributed by atoms with Crippen LogP contribution < -0.4 is 4.90 Å². The predicted octanol–water partition coefficient (Wildman–Crippen LogP) is 2.38. The van der Waals surface area contributed by atoms with Crippen LogP contribution in [-0.2, 0) is 4.79 Å². The average molecular weight is 315 g/mol. The van der Waals surface area contributed by atoms with Gasteiger partial charge in [0, 0.05) is 45.0 Å². The Bertz CT molecular complexity index is 529. The maximum absolute atomic E-state index is 12.4. The number of likely N-dealkylation sites (tertiary alicyclic amines) is 1. The summed E-state index contributed by atoms with van der Waals surface area (Å²) in [4.78, 5) is 19.3. The van der Waals surface area contributed by atoms with Gasteiger partial charge in [-0.25, -0.2) is 0 Å². The van der Waals surface area contributed by atoms with Crippen molar-refractivity contribution in [1.29, 1.82) is 0 Å². The van der Waals surface area contributed by atoms with E-state index < -0.39 is 0 Å². The third-order valence-electron chi connectivity index (χ3n) is 5.32. The second-order valence-corrected chi connectivity index (χ2v) is 7.11. The number of aryl methyl sites for hydroxylation is 1. The molecule has 2 heterocycles. The zero-order chi connectivity index (χ0) is 16.2. The standard InChI is InChI=1S/C19H29N3O/c1-16-7-9-22(10-8-16)19(23)15-20-11-13-21(14-12-20)18-6-4-3-5-17(18)2/h3-6,16H,7-15H2,1-2H3. The molecule has 1 aromatic rings. The van der Waals surface area contributed by atoms with Gasteiger partial charge >= 0.3 is 0 Å². The summed E-state index contributed by atoms with van der Waals surface area (Å²) in [5.41, 5.74) is 2.67. The van der Waals surface area contributed by atoms with E-state index >= 15 is 0 Å². The van der Waals surface area contributed by atoms with Crippen LogP contribution in [0, 0.1) is 12.8 Å². The Morgan fingerprint density at radius 2 is 1.70 bits per heavy atom. The summed E-state index contributed by atoms with van der Waals surface area (Å²) in [5, 5.41) is 0. The van der Waals surface area contributed by atoms with Gasteiger partial charge in [-0.05, 0) is 37.3 Å². The third-order valence-corrected chi connectivity index (χ3v) is 5.32. The highest BCUT2D eigenvalue weighted by Crippen LogP contribution is 2.21. The SMILES string of the molecule is Cc1ccccc1N1CCN(CC(=O)N2CCC(C)CC2)CC1. The minimum absolute atomic E-state index is 0.321. The number of amides is 1. The number of carbonyl (C=O) groups excluding carboxylic acids is 1. The van der Waals surface area contributed by atoms with Crippen molar-refractivity contribution in [2.75, 3.05) is 50.7 Å². The first-order chi connectivity index (χ1) is 11.1. The summed E-state index contributed by atoms with van der Waals surface area (Å²) in [7, 11) is 0. The van der Waals surface area contributed by atoms with Gasteiger partial charge in [-0.15, -0.1) is 0 Å². The fraction of sp³-hybridized carbons (Fsp3) is 0.632. The zero-order valence-corrected chi connectivity index (χ0v) is 14.5. The van der Waals surface area contributed by atoms with Gasteiger partial charge in [0.25, 0.3) is 0 Å². The minimum atomic E-state index is 0.321. The number of rotatable bonds is 3. The lowest BCUT2D eigenvalue weighted by Gasteiger charge is -2.38. The van der Waals surface area contributed by atoms with Crippen molar-refractivity contribution in [3.05, 3.63) is 29.8 Å². The van der Waals surface area contributed by atoms with Gasteiger partial charge in [0.2, 0.25) is 5.91 Å². The lowest BCUT2D eigenvalue weighted by atomic mass is 9.99. The highest BCUT2D eigenvalue weighted by Gasteiger charge is 2.24. The van der Waals surface area contributed by atoms with Crippen LogP contribution in [-0.4, -0.2) is 61.5 Å². The molecule has 0 spiro atoms. The number of piperazine rings is 1. The molecular formula is C19H29N3O. The van der Waals surface area contributed by atoms with Crippen molar-refractivity contribution >= 4 is 11.6 Å². The molecule has 0 atom stereocenters. The molecule has 4 nitrogen and oxygen atoms in total. The molecule has 2 saturated heterocycles. The van der Waals surface area contributed by atoms with E-state index in [2.05, 4.69) is 52.8 Å². The topological polar surface area (TPSA) is 26.8 Å². The van der Waals surface area contributed by atoms with Crippen LogP contribution in [0.3, 0.4) is 0 Å². The van der Waals surface area contributed by atoms with Crippen molar-refractivity contribution in [3.63, 3.8) is 0 Å². The van der Waals surface area contributed by atoms with Gasteiger partial charge in [0.05, 0.1) is 6.54 Å². The summed E-state index contributed by atoms with van der Waals surface area (Å²) in [5.74, 6) is 1.10. The van der Waals surface area contributed by atoms with E-state index in [1.54, 1.807) is 0 Å². The summed E-state index contributed by atoms with van der Waals surface area (Å²) < 4.78 is 0. The lowest BCUT2D eigenvalue weighted by molar-refractivity contribution is -0.133. The number of carbonyl (C=O) groups is 1. The molecule has 4 heteroatoms. The maximum Gasteiger partial charge on any atom is 0.236 e.